The van der Waals surface area contributed by atoms with Crippen molar-refractivity contribution in [3.63, 3.8) is 0 Å². The SMILES string of the molecule is COc1cc(C)c(/C(O)=C2\C(=O)C(=O)N(c3ccc(C)cc3)C2c2sccc2C)cc1C. The Balaban J connectivity index is 1.97. The van der Waals surface area contributed by atoms with Crippen molar-refractivity contribution in [3.8, 4) is 5.75 Å². The molecule has 32 heavy (non-hydrogen) atoms. The molecule has 1 saturated heterocycles. The average molecular weight is 448 g/mol. The molecule has 1 fully saturated rings. The van der Waals surface area contributed by atoms with Gasteiger partial charge in [0.25, 0.3) is 11.7 Å². The molecule has 1 atom stereocenters. The summed E-state index contributed by atoms with van der Waals surface area (Å²) in [6.07, 6.45) is 0. The Bertz CT molecular complexity index is 1250. The summed E-state index contributed by atoms with van der Waals surface area (Å²) in [5.41, 5.74) is 4.85. The van der Waals surface area contributed by atoms with Crippen LogP contribution in [0.2, 0.25) is 0 Å². The third-order valence-corrected chi connectivity index (χ3v) is 6.97. The number of ether oxygens (including phenoxy) is 1. The topological polar surface area (TPSA) is 66.8 Å². The number of aliphatic hydroxyl groups is 1. The molecule has 6 heteroatoms. The van der Waals surface area contributed by atoms with Crippen molar-refractivity contribution >= 4 is 34.5 Å². The van der Waals surface area contributed by atoms with Crippen LogP contribution in [0.25, 0.3) is 5.76 Å². The Kier molecular flexibility index (Phi) is 5.65. The third kappa shape index (κ3) is 3.50. The lowest BCUT2D eigenvalue weighted by Gasteiger charge is -2.25. The molecule has 0 saturated carbocycles. The summed E-state index contributed by atoms with van der Waals surface area (Å²) in [6.45, 7) is 7.64. The third-order valence-electron chi connectivity index (χ3n) is 5.90. The van der Waals surface area contributed by atoms with Crippen LogP contribution in [0.1, 0.15) is 38.7 Å². The van der Waals surface area contributed by atoms with Crippen molar-refractivity contribution in [1.29, 1.82) is 0 Å². The van der Waals surface area contributed by atoms with E-state index in [1.807, 2.05) is 69.5 Å². The molecule has 0 aliphatic carbocycles. The average Bonchev–Trinajstić information content (AvgIpc) is 3.30. The zero-order chi connectivity index (χ0) is 23.2. The fourth-order valence-corrected chi connectivity index (χ4v) is 5.15. The summed E-state index contributed by atoms with van der Waals surface area (Å²) in [4.78, 5) is 28.9. The molecule has 0 bridgehead atoms. The highest BCUT2D eigenvalue weighted by Crippen LogP contribution is 2.45. The van der Waals surface area contributed by atoms with Gasteiger partial charge in [0.05, 0.1) is 12.7 Å². The first-order chi connectivity index (χ1) is 15.2. The maximum Gasteiger partial charge on any atom is 0.300 e. The number of methoxy groups -OCH3 is 1. The van der Waals surface area contributed by atoms with E-state index in [-0.39, 0.29) is 11.3 Å². The highest BCUT2D eigenvalue weighted by molar-refractivity contribution is 7.10. The number of anilines is 1. The van der Waals surface area contributed by atoms with Gasteiger partial charge in [-0.05, 0) is 80.1 Å². The molecular formula is C26H25NO4S. The van der Waals surface area contributed by atoms with E-state index in [2.05, 4.69) is 0 Å². The summed E-state index contributed by atoms with van der Waals surface area (Å²) in [5, 5.41) is 13.3. The number of ketones is 1. The lowest BCUT2D eigenvalue weighted by Crippen LogP contribution is -2.29. The van der Waals surface area contributed by atoms with Gasteiger partial charge in [0.2, 0.25) is 0 Å². The van der Waals surface area contributed by atoms with Crippen LogP contribution in [0.3, 0.4) is 0 Å². The Hall–Kier alpha value is -3.38. The van der Waals surface area contributed by atoms with Gasteiger partial charge >= 0.3 is 0 Å². The monoisotopic (exact) mass is 447 g/mol. The fraction of sp³-hybridized carbons (Fsp3) is 0.231. The predicted octanol–water partition coefficient (Wildman–Crippen LogP) is 5.62. The van der Waals surface area contributed by atoms with Crippen molar-refractivity contribution in [2.24, 2.45) is 0 Å². The molecule has 0 spiro atoms. The van der Waals surface area contributed by atoms with Gasteiger partial charge in [-0.25, -0.2) is 0 Å². The lowest BCUT2D eigenvalue weighted by atomic mass is 9.95. The summed E-state index contributed by atoms with van der Waals surface area (Å²) < 4.78 is 5.38. The number of amides is 1. The molecule has 2 heterocycles. The van der Waals surface area contributed by atoms with Gasteiger partial charge in [0.1, 0.15) is 17.6 Å². The van der Waals surface area contributed by atoms with Crippen molar-refractivity contribution in [1.82, 2.24) is 0 Å². The molecule has 1 N–H and O–H groups in total. The quantitative estimate of drug-likeness (QED) is 0.320. The normalized spacial score (nSPS) is 17.8. The van der Waals surface area contributed by atoms with Crippen LogP contribution in [0.15, 0.2) is 53.4 Å². The molecule has 1 unspecified atom stereocenters. The maximum absolute atomic E-state index is 13.3. The van der Waals surface area contributed by atoms with Crippen LogP contribution in [0.5, 0.6) is 5.75 Å². The molecular weight excluding hydrogens is 422 g/mol. The summed E-state index contributed by atoms with van der Waals surface area (Å²) in [6, 6.07) is 12.4. The number of benzene rings is 2. The number of rotatable bonds is 4. The number of hydrogen-bond donors (Lipinski definition) is 1. The van der Waals surface area contributed by atoms with Gasteiger partial charge < -0.3 is 9.84 Å². The first kappa shape index (κ1) is 21.8. The van der Waals surface area contributed by atoms with Crippen molar-refractivity contribution in [3.05, 3.63) is 86.1 Å². The first-order valence-electron chi connectivity index (χ1n) is 10.3. The molecule has 1 aliphatic rings. The number of carbonyl (C=O) groups excluding carboxylic acids is 2. The fourth-order valence-electron chi connectivity index (χ4n) is 4.13. The molecule has 1 amide bonds. The van der Waals surface area contributed by atoms with Crippen LogP contribution in [-0.2, 0) is 9.59 Å². The standard InChI is InChI=1S/C26H25NO4S/c1-14-6-8-18(9-7-14)27-22(25-15(2)10-11-32-25)21(24(29)26(27)30)23(28)19-12-17(4)20(31-5)13-16(19)3/h6-13,22,28H,1-5H3/b23-21+. The Morgan fingerprint density at radius 2 is 1.66 bits per heavy atom. The van der Waals surface area contributed by atoms with E-state index < -0.39 is 17.7 Å². The Labute approximate surface area is 191 Å². The second-order valence-electron chi connectivity index (χ2n) is 8.11. The van der Waals surface area contributed by atoms with E-state index >= 15 is 0 Å². The van der Waals surface area contributed by atoms with E-state index in [1.54, 1.807) is 13.2 Å². The number of aryl methyl sites for hydroxylation is 4. The molecule has 5 nitrogen and oxygen atoms in total. The highest BCUT2D eigenvalue weighted by Gasteiger charge is 2.48. The molecule has 164 valence electrons. The Morgan fingerprint density at radius 3 is 2.25 bits per heavy atom. The van der Waals surface area contributed by atoms with E-state index in [0.29, 0.717) is 17.0 Å². The second-order valence-corrected chi connectivity index (χ2v) is 9.06. The van der Waals surface area contributed by atoms with Crippen molar-refractivity contribution in [2.75, 3.05) is 12.0 Å². The highest BCUT2D eigenvalue weighted by atomic mass is 32.1. The minimum absolute atomic E-state index is 0.105. The first-order valence-corrected chi connectivity index (χ1v) is 11.2. The van der Waals surface area contributed by atoms with Gasteiger partial charge in [0.15, 0.2) is 0 Å². The summed E-state index contributed by atoms with van der Waals surface area (Å²) in [5.74, 6) is -0.798. The second kappa shape index (κ2) is 8.28. The van der Waals surface area contributed by atoms with Gasteiger partial charge in [-0.2, -0.15) is 0 Å². The van der Waals surface area contributed by atoms with Gasteiger partial charge in [-0.15, -0.1) is 11.3 Å². The number of carbonyl (C=O) groups is 2. The summed E-state index contributed by atoms with van der Waals surface area (Å²) >= 11 is 1.47. The largest absolute Gasteiger partial charge is 0.507 e. The maximum atomic E-state index is 13.3. The van der Waals surface area contributed by atoms with Gasteiger partial charge in [-0.1, -0.05) is 17.7 Å². The molecule has 3 aromatic rings. The van der Waals surface area contributed by atoms with E-state index in [1.165, 1.54) is 16.2 Å². The van der Waals surface area contributed by atoms with Crippen molar-refractivity contribution in [2.45, 2.75) is 33.7 Å². The Morgan fingerprint density at radius 1 is 0.969 bits per heavy atom. The van der Waals surface area contributed by atoms with Crippen molar-refractivity contribution < 1.29 is 19.4 Å². The molecule has 1 aliphatic heterocycles. The van der Waals surface area contributed by atoms with Crippen LogP contribution < -0.4 is 9.64 Å². The minimum Gasteiger partial charge on any atom is -0.507 e. The molecule has 0 radical (unpaired) electrons. The number of hydrogen-bond acceptors (Lipinski definition) is 5. The van der Waals surface area contributed by atoms with E-state index in [0.717, 1.165) is 27.1 Å². The predicted molar refractivity (Wildman–Crippen MR) is 127 cm³/mol. The van der Waals surface area contributed by atoms with Crippen LogP contribution in [-0.4, -0.2) is 23.9 Å². The van der Waals surface area contributed by atoms with Crippen LogP contribution in [0, 0.1) is 27.7 Å². The van der Waals surface area contributed by atoms with Crippen LogP contribution >= 0.6 is 11.3 Å². The van der Waals surface area contributed by atoms with Crippen LogP contribution in [0.4, 0.5) is 5.69 Å². The number of aliphatic hydroxyl groups excluding tert-OH is 1. The minimum atomic E-state index is -0.695. The van der Waals surface area contributed by atoms with E-state index in [4.69, 9.17) is 4.74 Å². The lowest BCUT2D eigenvalue weighted by molar-refractivity contribution is -0.132. The smallest absolute Gasteiger partial charge is 0.300 e. The molecule has 2 aromatic carbocycles. The summed E-state index contributed by atoms with van der Waals surface area (Å²) in [7, 11) is 1.59. The zero-order valence-electron chi connectivity index (χ0n) is 18.7. The zero-order valence-corrected chi connectivity index (χ0v) is 19.5. The number of Topliss-reactive ketones (excluding diaryl/α,β-unsaturated/α-hetero) is 1. The number of nitrogens with zero attached hydrogens (tertiary/aromatic N) is 1. The molecule has 4 rings (SSSR count). The van der Waals surface area contributed by atoms with Gasteiger partial charge in [0, 0.05) is 16.1 Å². The number of thiophene rings is 1. The molecule has 1 aromatic heterocycles. The van der Waals surface area contributed by atoms with E-state index in [9.17, 15) is 14.7 Å². The van der Waals surface area contributed by atoms with Gasteiger partial charge in [-0.3, -0.25) is 14.5 Å².